The number of nitrogens with zero attached hydrogens (tertiary/aromatic N) is 1. The van der Waals surface area contributed by atoms with Crippen LogP contribution in [-0.4, -0.2) is 37.0 Å². The first-order valence-electron chi connectivity index (χ1n) is 9.01. The fraction of sp³-hybridized carbons (Fsp3) is 0.333. The van der Waals surface area contributed by atoms with E-state index in [1.165, 1.54) is 12.7 Å². The van der Waals surface area contributed by atoms with Crippen LogP contribution in [0, 0.1) is 5.92 Å². The maximum absolute atomic E-state index is 12.7. The monoisotopic (exact) mass is 430 g/mol. The molecule has 3 rings (SSSR count). The Hall–Kier alpha value is -2.18. The summed E-state index contributed by atoms with van der Waals surface area (Å²) in [7, 11) is 1.34. The Morgan fingerprint density at radius 2 is 2.04 bits per heavy atom. The van der Waals surface area contributed by atoms with Gasteiger partial charge in [-0.2, -0.15) is 0 Å². The van der Waals surface area contributed by atoms with E-state index in [-0.39, 0.29) is 11.8 Å². The molecule has 5 nitrogen and oxygen atoms in total. The number of piperidine rings is 1. The number of hydrogen-bond donors (Lipinski definition) is 1. The molecule has 0 saturated carbocycles. The van der Waals surface area contributed by atoms with E-state index in [2.05, 4.69) is 38.3 Å². The van der Waals surface area contributed by atoms with Gasteiger partial charge in [0.1, 0.15) is 0 Å². The number of ether oxygens (including phenoxy) is 1. The number of esters is 1. The second kappa shape index (κ2) is 9.15. The van der Waals surface area contributed by atoms with Gasteiger partial charge in [-0.25, -0.2) is 4.79 Å². The maximum Gasteiger partial charge on any atom is 0.337 e. The molecule has 0 radical (unpaired) electrons. The number of amides is 1. The van der Waals surface area contributed by atoms with Gasteiger partial charge in [0.2, 0.25) is 5.91 Å². The standard InChI is InChI=1S/C21H23BrN2O3/c1-27-21(26)16-6-3-9-19(12-16)23-20(25)17-7-4-10-24(14-17)13-15-5-2-8-18(22)11-15/h2-3,5-6,8-9,11-12,17H,4,7,10,13-14H2,1H3,(H,23,25). The molecule has 1 fully saturated rings. The van der Waals surface area contributed by atoms with Gasteiger partial charge in [-0.1, -0.05) is 34.1 Å². The van der Waals surface area contributed by atoms with Crippen LogP contribution >= 0.6 is 15.9 Å². The molecule has 1 amide bonds. The smallest absolute Gasteiger partial charge is 0.337 e. The van der Waals surface area contributed by atoms with E-state index >= 15 is 0 Å². The van der Waals surface area contributed by atoms with Gasteiger partial charge in [0, 0.05) is 23.2 Å². The molecule has 1 N–H and O–H groups in total. The number of benzene rings is 2. The summed E-state index contributed by atoms with van der Waals surface area (Å²) in [6.45, 7) is 2.56. The zero-order valence-electron chi connectivity index (χ0n) is 15.3. The van der Waals surface area contributed by atoms with Crippen molar-refractivity contribution in [2.75, 3.05) is 25.5 Å². The van der Waals surface area contributed by atoms with E-state index in [9.17, 15) is 9.59 Å². The first-order valence-corrected chi connectivity index (χ1v) is 9.80. The summed E-state index contributed by atoms with van der Waals surface area (Å²) in [5.74, 6) is -0.479. The third-order valence-corrected chi connectivity index (χ3v) is 5.22. The molecule has 1 atom stereocenters. The maximum atomic E-state index is 12.7. The molecule has 6 heteroatoms. The number of methoxy groups -OCH3 is 1. The third kappa shape index (κ3) is 5.40. The van der Waals surface area contributed by atoms with Gasteiger partial charge >= 0.3 is 5.97 Å². The van der Waals surface area contributed by atoms with Crippen LogP contribution in [0.5, 0.6) is 0 Å². The van der Waals surface area contributed by atoms with Crippen LogP contribution in [0.15, 0.2) is 53.0 Å². The van der Waals surface area contributed by atoms with E-state index in [1.54, 1.807) is 24.3 Å². The van der Waals surface area contributed by atoms with Crippen molar-refractivity contribution in [1.29, 1.82) is 0 Å². The molecule has 1 aliphatic rings. The number of halogens is 1. The van der Waals surface area contributed by atoms with Crippen molar-refractivity contribution in [3.8, 4) is 0 Å². The summed E-state index contributed by atoms with van der Waals surface area (Å²) in [4.78, 5) is 26.7. The summed E-state index contributed by atoms with van der Waals surface area (Å²) < 4.78 is 5.80. The molecule has 1 saturated heterocycles. The van der Waals surface area contributed by atoms with Gasteiger partial charge in [0.15, 0.2) is 0 Å². The van der Waals surface area contributed by atoms with Crippen LogP contribution < -0.4 is 5.32 Å². The third-order valence-electron chi connectivity index (χ3n) is 4.72. The van der Waals surface area contributed by atoms with Gasteiger partial charge in [-0.05, 0) is 55.3 Å². The minimum Gasteiger partial charge on any atom is -0.465 e. The molecule has 0 aromatic heterocycles. The lowest BCUT2D eigenvalue weighted by Crippen LogP contribution is -2.40. The second-order valence-corrected chi connectivity index (χ2v) is 7.68. The minimum absolute atomic E-state index is 0.00374. The molecule has 1 heterocycles. The van der Waals surface area contributed by atoms with Crippen molar-refractivity contribution in [2.45, 2.75) is 19.4 Å². The molecule has 2 aromatic carbocycles. The first kappa shape index (κ1) is 19.6. The van der Waals surface area contributed by atoms with Crippen LogP contribution in [0.2, 0.25) is 0 Å². The highest BCUT2D eigenvalue weighted by Gasteiger charge is 2.26. The molecule has 142 valence electrons. The summed E-state index contributed by atoms with van der Waals surface area (Å²) in [6.07, 6.45) is 1.87. The van der Waals surface area contributed by atoms with Gasteiger partial charge in [-0.15, -0.1) is 0 Å². The molecule has 1 unspecified atom stereocenters. The molecule has 27 heavy (non-hydrogen) atoms. The lowest BCUT2D eigenvalue weighted by molar-refractivity contribution is -0.121. The second-order valence-electron chi connectivity index (χ2n) is 6.77. The molecule has 0 spiro atoms. The van der Waals surface area contributed by atoms with Crippen molar-refractivity contribution < 1.29 is 14.3 Å². The van der Waals surface area contributed by atoms with Gasteiger partial charge in [0.05, 0.1) is 18.6 Å². The highest BCUT2D eigenvalue weighted by molar-refractivity contribution is 9.10. The number of carbonyl (C=O) groups is 2. The molecule has 2 aromatic rings. The highest BCUT2D eigenvalue weighted by Crippen LogP contribution is 2.22. The number of nitrogens with one attached hydrogen (secondary N) is 1. The van der Waals surface area contributed by atoms with Gasteiger partial charge in [0.25, 0.3) is 0 Å². The van der Waals surface area contributed by atoms with E-state index in [0.29, 0.717) is 11.3 Å². The predicted octanol–water partition coefficient (Wildman–Crippen LogP) is 4.09. The highest BCUT2D eigenvalue weighted by atomic mass is 79.9. The van der Waals surface area contributed by atoms with E-state index in [0.717, 1.165) is 36.9 Å². The average Bonchev–Trinajstić information content (AvgIpc) is 2.68. The minimum atomic E-state index is -0.413. The van der Waals surface area contributed by atoms with Crippen LogP contribution in [0.25, 0.3) is 0 Å². The fourth-order valence-electron chi connectivity index (χ4n) is 3.39. The predicted molar refractivity (Wildman–Crippen MR) is 109 cm³/mol. The number of carbonyl (C=O) groups excluding carboxylic acids is 2. The van der Waals surface area contributed by atoms with Crippen molar-refractivity contribution in [1.82, 2.24) is 4.90 Å². The van der Waals surface area contributed by atoms with E-state index in [1.807, 2.05) is 12.1 Å². The molecule has 1 aliphatic heterocycles. The van der Waals surface area contributed by atoms with Gasteiger partial charge < -0.3 is 10.1 Å². The van der Waals surface area contributed by atoms with E-state index in [4.69, 9.17) is 4.74 Å². The quantitative estimate of drug-likeness (QED) is 0.725. The number of hydrogen-bond acceptors (Lipinski definition) is 4. The first-order chi connectivity index (χ1) is 13.0. The van der Waals surface area contributed by atoms with Crippen molar-refractivity contribution >= 4 is 33.5 Å². The van der Waals surface area contributed by atoms with Crippen LogP contribution in [0.1, 0.15) is 28.8 Å². The molecular formula is C21H23BrN2O3. The topological polar surface area (TPSA) is 58.6 Å². The summed E-state index contributed by atoms with van der Waals surface area (Å²) in [6, 6.07) is 15.1. The molecular weight excluding hydrogens is 408 g/mol. The Morgan fingerprint density at radius 3 is 2.81 bits per heavy atom. The Labute approximate surface area is 167 Å². The number of likely N-dealkylation sites (tertiary alicyclic amines) is 1. The fourth-order valence-corrected chi connectivity index (χ4v) is 3.84. The Kier molecular flexibility index (Phi) is 6.63. The van der Waals surface area contributed by atoms with Crippen molar-refractivity contribution in [2.24, 2.45) is 5.92 Å². The summed E-state index contributed by atoms with van der Waals surface area (Å²) in [5, 5.41) is 2.94. The zero-order valence-corrected chi connectivity index (χ0v) is 16.9. The summed E-state index contributed by atoms with van der Waals surface area (Å²) >= 11 is 3.50. The Morgan fingerprint density at radius 1 is 1.22 bits per heavy atom. The van der Waals surface area contributed by atoms with Gasteiger partial charge in [-0.3, -0.25) is 9.69 Å². The van der Waals surface area contributed by atoms with Crippen molar-refractivity contribution in [3.63, 3.8) is 0 Å². The molecule has 0 aliphatic carbocycles. The van der Waals surface area contributed by atoms with Crippen LogP contribution in [0.3, 0.4) is 0 Å². The lowest BCUT2D eigenvalue weighted by atomic mass is 9.96. The van der Waals surface area contributed by atoms with Crippen molar-refractivity contribution in [3.05, 3.63) is 64.1 Å². The Bertz CT molecular complexity index is 825. The van der Waals surface area contributed by atoms with Crippen LogP contribution in [0.4, 0.5) is 5.69 Å². The average molecular weight is 431 g/mol. The number of anilines is 1. The van der Waals surface area contributed by atoms with E-state index < -0.39 is 5.97 Å². The SMILES string of the molecule is COC(=O)c1cccc(NC(=O)C2CCCN(Cc3cccc(Br)c3)C2)c1. The Balaban J connectivity index is 1.60. The largest absolute Gasteiger partial charge is 0.465 e. The van der Waals surface area contributed by atoms with Crippen LogP contribution in [-0.2, 0) is 16.1 Å². The zero-order chi connectivity index (χ0) is 19.2. The number of rotatable bonds is 5. The summed E-state index contributed by atoms with van der Waals surface area (Å²) in [5.41, 5.74) is 2.28. The molecule has 0 bridgehead atoms. The normalized spacial score (nSPS) is 17.3. The lowest BCUT2D eigenvalue weighted by Gasteiger charge is -2.32.